The van der Waals surface area contributed by atoms with E-state index in [1.165, 1.54) is 26.4 Å². The van der Waals surface area contributed by atoms with E-state index < -0.39 is 21.8 Å². The summed E-state index contributed by atoms with van der Waals surface area (Å²) in [6.45, 7) is -0.0166. The second-order valence-corrected chi connectivity index (χ2v) is 7.31. The van der Waals surface area contributed by atoms with Gasteiger partial charge in [-0.1, -0.05) is 0 Å². The van der Waals surface area contributed by atoms with Gasteiger partial charge in [0.1, 0.15) is 5.56 Å². The van der Waals surface area contributed by atoms with Crippen molar-refractivity contribution in [3.05, 3.63) is 27.7 Å². The summed E-state index contributed by atoms with van der Waals surface area (Å²) >= 11 is 3.21. The summed E-state index contributed by atoms with van der Waals surface area (Å²) in [5.74, 6) is -0.301. The summed E-state index contributed by atoms with van der Waals surface area (Å²) in [5.41, 5.74) is 0.125. The second kappa shape index (κ2) is 7.28. The van der Waals surface area contributed by atoms with Crippen LogP contribution in [-0.4, -0.2) is 52.1 Å². The minimum absolute atomic E-state index is 0.0166. The molecule has 0 aromatic carbocycles. The van der Waals surface area contributed by atoms with Gasteiger partial charge >= 0.3 is 0 Å². The van der Waals surface area contributed by atoms with Gasteiger partial charge < -0.3 is 19.5 Å². The molecule has 2 rings (SSSR count). The molecule has 0 saturated heterocycles. The number of hydrogen-bond donors (Lipinski definition) is 1. The molecule has 0 unspecified atom stereocenters. The van der Waals surface area contributed by atoms with Gasteiger partial charge in [-0.25, -0.2) is 13.4 Å². The minimum Gasteiger partial charge on any atom is -0.480 e. The van der Waals surface area contributed by atoms with Gasteiger partial charge in [-0.05, 0) is 22.0 Å². The van der Waals surface area contributed by atoms with E-state index in [1.807, 2.05) is 0 Å². The Kier molecular flexibility index (Phi) is 5.60. The zero-order valence-electron chi connectivity index (χ0n) is 12.4. The van der Waals surface area contributed by atoms with Gasteiger partial charge in [0.15, 0.2) is 27.0 Å². The second-order valence-electron chi connectivity index (χ2n) is 4.62. The standard InChI is InChI=1S/C13H15BrN2O6S/c1-20-7-22-10-5-9(13(21-2)16-11(10)14)12(17)15-8-3-4-23(18,19)6-8/h3-5,8H,6-7H2,1-2H3,(H,15,17)/t8-/m1/s1. The summed E-state index contributed by atoms with van der Waals surface area (Å²) in [7, 11) is -0.417. The molecule has 1 aliphatic heterocycles. The Hall–Kier alpha value is -1.65. The fraction of sp³-hybridized carbons (Fsp3) is 0.385. The van der Waals surface area contributed by atoms with Crippen LogP contribution in [0.25, 0.3) is 0 Å². The molecule has 8 nitrogen and oxygen atoms in total. The number of carbonyl (C=O) groups is 1. The highest BCUT2D eigenvalue weighted by Crippen LogP contribution is 2.29. The van der Waals surface area contributed by atoms with Crippen LogP contribution in [-0.2, 0) is 14.6 Å². The van der Waals surface area contributed by atoms with Crippen molar-refractivity contribution >= 4 is 31.7 Å². The highest BCUT2D eigenvalue weighted by molar-refractivity contribution is 9.10. The SMILES string of the molecule is COCOc1cc(C(=O)N[C@@H]2C=CS(=O)(=O)C2)c(OC)nc1Br. The predicted octanol–water partition coefficient (Wildman–Crippen LogP) is 0.876. The number of pyridine rings is 1. The average Bonchev–Trinajstić information content (AvgIpc) is 2.84. The van der Waals surface area contributed by atoms with Crippen LogP contribution in [0.1, 0.15) is 10.4 Å². The third-order valence-electron chi connectivity index (χ3n) is 2.93. The van der Waals surface area contributed by atoms with E-state index in [1.54, 1.807) is 0 Å². The van der Waals surface area contributed by atoms with Gasteiger partial charge in [-0.3, -0.25) is 4.79 Å². The number of nitrogens with one attached hydrogen (secondary N) is 1. The van der Waals surface area contributed by atoms with E-state index in [4.69, 9.17) is 14.2 Å². The third kappa shape index (κ3) is 4.43. The van der Waals surface area contributed by atoms with Gasteiger partial charge in [-0.2, -0.15) is 0 Å². The van der Waals surface area contributed by atoms with E-state index in [-0.39, 0.29) is 24.0 Å². The fourth-order valence-electron chi connectivity index (χ4n) is 1.91. The summed E-state index contributed by atoms with van der Waals surface area (Å²) in [6.07, 6.45) is 1.42. The van der Waals surface area contributed by atoms with Crippen LogP contribution in [0, 0.1) is 0 Å². The van der Waals surface area contributed by atoms with Crippen LogP contribution >= 0.6 is 15.9 Å². The van der Waals surface area contributed by atoms with E-state index in [0.29, 0.717) is 10.4 Å². The van der Waals surface area contributed by atoms with Crippen LogP contribution in [0.15, 0.2) is 22.2 Å². The number of hydrogen-bond acceptors (Lipinski definition) is 7. The van der Waals surface area contributed by atoms with Crippen LogP contribution in [0.5, 0.6) is 11.6 Å². The summed E-state index contributed by atoms with van der Waals surface area (Å²) in [6, 6.07) is 0.849. The van der Waals surface area contributed by atoms with Crippen molar-refractivity contribution in [2.75, 3.05) is 26.8 Å². The molecule has 0 radical (unpaired) electrons. The molecule has 0 fully saturated rings. The number of methoxy groups -OCH3 is 2. The van der Waals surface area contributed by atoms with Gasteiger partial charge in [0.05, 0.1) is 18.9 Å². The van der Waals surface area contributed by atoms with Gasteiger partial charge in [0, 0.05) is 18.6 Å². The molecular formula is C13H15BrN2O6S. The highest BCUT2D eigenvalue weighted by atomic mass is 79.9. The topological polar surface area (TPSA) is 104 Å². The minimum atomic E-state index is -3.26. The quantitative estimate of drug-likeness (QED) is 0.552. The monoisotopic (exact) mass is 406 g/mol. The van der Waals surface area contributed by atoms with Gasteiger partial charge in [-0.15, -0.1) is 0 Å². The highest BCUT2D eigenvalue weighted by Gasteiger charge is 2.25. The number of carbonyl (C=O) groups excluding carboxylic acids is 1. The largest absolute Gasteiger partial charge is 0.480 e. The number of nitrogens with zero attached hydrogens (tertiary/aromatic N) is 1. The average molecular weight is 407 g/mol. The Bertz CT molecular complexity index is 734. The molecule has 0 aliphatic carbocycles. The van der Waals surface area contributed by atoms with Crippen molar-refractivity contribution < 1.29 is 27.4 Å². The fourth-order valence-corrected chi connectivity index (χ4v) is 3.54. The number of halogens is 1. The lowest BCUT2D eigenvalue weighted by Gasteiger charge is -2.14. The number of sulfone groups is 1. The third-order valence-corrected chi connectivity index (χ3v) is 4.89. The molecule has 1 aliphatic rings. The first kappa shape index (κ1) is 17.7. The van der Waals surface area contributed by atoms with Crippen LogP contribution in [0.4, 0.5) is 0 Å². The van der Waals surface area contributed by atoms with Crippen molar-refractivity contribution in [3.63, 3.8) is 0 Å². The summed E-state index contributed by atoms with van der Waals surface area (Å²) in [4.78, 5) is 16.5. The molecule has 126 valence electrons. The van der Waals surface area contributed by atoms with Crippen molar-refractivity contribution in [1.82, 2.24) is 10.3 Å². The lowest BCUT2D eigenvalue weighted by Crippen LogP contribution is -2.35. The molecule has 1 aromatic heterocycles. The van der Waals surface area contributed by atoms with E-state index in [9.17, 15) is 13.2 Å². The summed E-state index contributed by atoms with van der Waals surface area (Å²) < 4.78 is 38.3. The Morgan fingerprint density at radius 2 is 2.22 bits per heavy atom. The molecule has 1 amide bonds. The van der Waals surface area contributed by atoms with Gasteiger partial charge in [0.25, 0.3) is 5.91 Å². The smallest absolute Gasteiger partial charge is 0.257 e. The molecule has 0 spiro atoms. The maximum Gasteiger partial charge on any atom is 0.257 e. The Balaban J connectivity index is 2.22. The lowest BCUT2D eigenvalue weighted by atomic mass is 10.2. The molecule has 2 heterocycles. The first-order valence-corrected chi connectivity index (χ1v) is 8.95. The number of aromatic nitrogens is 1. The summed E-state index contributed by atoms with van der Waals surface area (Å²) in [5, 5.41) is 3.69. The Labute approximate surface area is 141 Å². The number of ether oxygens (including phenoxy) is 3. The van der Waals surface area contributed by atoms with Crippen LogP contribution in [0.2, 0.25) is 0 Å². The normalized spacial score (nSPS) is 18.7. The Morgan fingerprint density at radius 1 is 1.48 bits per heavy atom. The first-order valence-electron chi connectivity index (χ1n) is 6.44. The molecule has 1 aromatic rings. The van der Waals surface area contributed by atoms with Crippen molar-refractivity contribution in [2.45, 2.75) is 6.04 Å². The zero-order chi connectivity index (χ0) is 17.0. The maximum absolute atomic E-state index is 12.4. The van der Waals surface area contributed by atoms with E-state index in [2.05, 4.69) is 26.2 Å². The van der Waals surface area contributed by atoms with Crippen LogP contribution < -0.4 is 14.8 Å². The van der Waals surface area contributed by atoms with E-state index >= 15 is 0 Å². The molecule has 23 heavy (non-hydrogen) atoms. The zero-order valence-corrected chi connectivity index (χ0v) is 14.8. The molecule has 0 bridgehead atoms. The van der Waals surface area contributed by atoms with Crippen molar-refractivity contribution in [2.24, 2.45) is 0 Å². The molecule has 1 atom stereocenters. The number of amides is 1. The van der Waals surface area contributed by atoms with Crippen LogP contribution in [0.3, 0.4) is 0 Å². The maximum atomic E-state index is 12.4. The Morgan fingerprint density at radius 3 is 2.78 bits per heavy atom. The van der Waals surface area contributed by atoms with E-state index in [0.717, 1.165) is 5.41 Å². The molecular weight excluding hydrogens is 392 g/mol. The van der Waals surface area contributed by atoms with Crippen molar-refractivity contribution in [1.29, 1.82) is 0 Å². The first-order chi connectivity index (χ1) is 10.9. The van der Waals surface area contributed by atoms with Crippen molar-refractivity contribution in [3.8, 4) is 11.6 Å². The lowest BCUT2D eigenvalue weighted by molar-refractivity contribution is 0.0500. The molecule has 10 heteroatoms. The molecule has 1 N–H and O–H groups in total. The van der Waals surface area contributed by atoms with Gasteiger partial charge in [0.2, 0.25) is 5.88 Å². The molecule has 0 saturated carbocycles. The predicted molar refractivity (Wildman–Crippen MR) is 85.2 cm³/mol. The number of rotatable bonds is 6.